The normalized spacial score (nSPS) is 16.1. The molecule has 0 spiro atoms. The van der Waals surface area contributed by atoms with Gasteiger partial charge in [-0.15, -0.1) is 0 Å². The molecule has 5 heteroatoms. The Bertz CT molecular complexity index is 277. The molecule has 1 amide bonds. The molecule has 90 valence electrons. The molecule has 0 atom stereocenters. The molecule has 0 bridgehead atoms. The van der Waals surface area contributed by atoms with Crippen molar-refractivity contribution in [2.24, 2.45) is 0 Å². The minimum absolute atomic E-state index is 0.360. The van der Waals surface area contributed by atoms with Gasteiger partial charge in [-0.3, -0.25) is 4.90 Å². The van der Waals surface area contributed by atoms with Gasteiger partial charge in [0.25, 0.3) is 0 Å². The maximum atomic E-state index is 11.0. The van der Waals surface area contributed by atoms with Crippen molar-refractivity contribution in [2.75, 3.05) is 53.6 Å². The zero-order chi connectivity index (χ0) is 11.8. The molecule has 0 radical (unpaired) electrons. The van der Waals surface area contributed by atoms with Crippen LogP contribution in [0.5, 0.6) is 0 Å². The number of morpholine rings is 1. The van der Waals surface area contributed by atoms with Crippen molar-refractivity contribution in [3.8, 4) is 11.8 Å². The lowest BCUT2D eigenvalue weighted by molar-refractivity contribution is 0.0443. The number of methoxy groups -OCH3 is 1. The third-order valence-electron chi connectivity index (χ3n) is 2.33. The molecule has 1 rings (SSSR count). The van der Waals surface area contributed by atoms with Crippen molar-refractivity contribution in [1.29, 1.82) is 0 Å². The Labute approximate surface area is 96.3 Å². The Kier molecular flexibility index (Phi) is 5.68. The fraction of sp³-hybridized carbons (Fsp3) is 0.727. The lowest BCUT2D eigenvalue weighted by atomic mass is 10.4. The first-order chi connectivity index (χ1) is 7.74. The smallest absolute Gasteiger partial charge is 0.410 e. The first-order valence-corrected chi connectivity index (χ1v) is 5.29. The van der Waals surface area contributed by atoms with E-state index in [0.29, 0.717) is 6.54 Å². The summed E-state index contributed by atoms with van der Waals surface area (Å²) in [7, 11) is 3.02. The summed E-state index contributed by atoms with van der Waals surface area (Å²) in [6, 6.07) is 0. The summed E-state index contributed by atoms with van der Waals surface area (Å²) in [6.45, 7) is 4.56. The average molecular weight is 226 g/mol. The third kappa shape index (κ3) is 4.51. The lowest BCUT2D eigenvalue weighted by Crippen LogP contribution is -2.36. The van der Waals surface area contributed by atoms with Crippen molar-refractivity contribution >= 4 is 6.09 Å². The van der Waals surface area contributed by atoms with E-state index in [1.165, 1.54) is 12.0 Å². The Hall–Kier alpha value is -1.25. The first kappa shape index (κ1) is 12.8. The van der Waals surface area contributed by atoms with Crippen LogP contribution < -0.4 is 0 Å². The van der Waals surface area contributed by atoms with Crippen molar-refractivity contribution in [1.82, 2.24) is 9.80 Å². The van der Waals surface area contributed by atoms with Crippen molar-refractivity contribution in [3.05, 3.63) is 0 Å². The van der Waals surface area contributed by atoms with Crippen molar-refractivity contribution in [2.45, 2.75) is 0 Å². The molecule has 16 heavy (non-hydrogen) atoms. The monoisotopic (exact) mass is 226 g/mol. The molecule has 0 N–H and O–H groups in total. The van der Waals surface area contributed by atoms with Crippen LogP contribution in [0.1, 0.15) is 0 Å². The van der Waals surface area contributed by atoms with E-state index >= 15 is 0 Å². The van der Waals surface area contributed by atoms with Gasteiger partial charge >= 0.3 is 6.09 Å². The lowest BCUT2D eigenvalue weighted by Gasteiger charge is -2.24. The van der Waals surface area contributed by atoms with E-state index in [1.807, 2.05) is 0 Å². The van der Waals surface area contributed by atoms with Crippen LogP contribution >= 0.6 is 0 Å². The van der Waals surface area contributed by atoms with Crippen LogP contribution in [0.4, 0.5) is 4.79 Å². The minimum atomic E-state index is -0.360. The number of nitrogens with zero attached hydrogens (tertiary/aromatic N) is 2. The van der Waals surface area contributed by atoms with E-state index in [2.05, 4.69) is 21.5 Å². The fourth-order valence-electron chi connectivity index (χ4n) is 1.32. The summed E-state index contributed by atoms with van der Waals surface area (Å²) >= 11 is 0. The molecular weight excluding hydrogens is 208 g/mol. The molecule has 1 aliphatic rings. The number of ether oxygens (including phenoxy) is 2. The van der Waals surface area contributed by atoms with Gasteiger partial charge in [-0.2, -0.15) is 0 Å². The highest BCUT2D eigenvalue weighted by atomic mass is 16.5. The number of rotatable bonds is 2. The van der Waals surface area contributed by atoms with Gasteiger partial charge in [0.1, 0.15) is 0 Å². The molecule has 0 saturated carbocycles. The van der Waals surface area contributed by atoms with Crippen LogP contribution in [-0.2, 0) is 9.47 Å². The summed E-state index contributed by atoms with van der Waals surface area (Å²) in [5.74, 6) is 5.98. The molecule has 0 aliphatic carbocycles. The Morgan fingerprint density at radius 3 is 2.75 bits per heavy atom. The highest BCUT2D eigenvalue weighted by Gasteiger charge is 2.08. The number of hydrogen-bond acceptors (Lipinski definition) is 4. The summed E-state index contributed by atoms with van der Waals surface area (Å²) in [5, 5.41) is 0. The molecular formula is C11H18N2O3. The molecule has 0 aromatic carbocycles. The van der Waals surface area contributed by atoms with E-state index in [-0.39, 0.29) is 6.09 Å². The maximum Gasteiger partial charge on any atom is 0.410 e. The Morgan fingerprint density at radius 2 is 2.12 bits per heavy atom. The maximum absolute atomic E-state index is 11.0. The van der Waals surface area contributed by atoms with E-state index in [4.69, 9.17) is 4.74 Å². The second-order valence-electron chi connectivity index (χ2n) is 3.57. The number of carbonyl (C=O) groups excluding carboxylic acids is 1. The SMILES string of the molecule is COC(=O)N(C)CC#CCN1CCOCC1. The van der Waals surface area contributed by atoms with Gasteiger partial charge < -0.3 is 14.4 Å². The topological polar surface area (TPSA) is 42.0 Å². The Morgan fingerprint density at radius 1 is 1.44 bits per heavy atom. The molecule has 1 saturated heterocycles. The number of amides is 1. The van der Waals surface area contributed by atoms with E-state index in [1.54, 1.807) is 7.05 Å². The molecule has 1 fully saturated rings. The summed E-state index contributed by atoms with van der Waals surface area (Å²) in [4.78, 5) is 14.7. The molecule has 0 unspecified atom stereocenters. The van der Waals surface area contributed by atoms with Crippen LogP contribution in [-0.4, -0.2) is 69.4 Å². The van der Waals surface area contributed by atoms with E-state index in [9.17, 15) is 4.79 Å². The van der Waals surface area contributed by atoms with Gasteiger partial charge in [0.15, 0.2) is 0 Å². The summed E-state index contributed by atoms with van der Waals surface area (Å²) in [6.07, 6.45) is -0.360. The summed E-state index contributed by atoms with van der Waals surface area (Å²) in [5.41, 5.74) is 0. The number of hydrogen-bond donors (Lipinski definition) is 0. The highest BCUT2D eigenvalue weighted by Crippen LogP contribution is 1.94. The second kappa shape index (κ2) is 7.09. The predicted molar refractivity (Wildman–Crippen MR) is 60.1 cm³/mol. The molecule has 5 nitrogen and oxygen atoms in total. The fourth-order valence-corrected chi connectivity index (χ4v) is 1.32. The standard InChI is InChI=1S/C11H18N2O3/c1-12(11(14)15-2)5-3-4-6-13-7-9-16-10-8-13/h5-10H2,1-2H3. The van der Waals surface area contributed by atoms with Gasteiger partial charge in [-0.05, 0) is 0 Å². The first-order valence-electron chi connectivity index (χ1n) is 5.29. The molecule has 0 aromatic heterocycles. The third-order valence-corrected chi connectivity index (χ3v) is 2.33. The second-order valence-corrected chi connectivity index (χ2v) is 3.57. The van der Waals surface area contributed by atoms with Crippen LogP contribution in [0.25, 0.3) is 0 Å². The van der Waals surface area contributed by atoms with Gasteiger partial charge in [-0.25, -0.2) is 4.79 Å². The molecule has 0 aromatic rings. The van der Waals surface area contributed by atoms with Crippen LogP contribution in [0.15, 0.2) is 0 Å². The predicted octanol–water partition coefficient (Wildman–Crippen LogP) is 0.0202. The van der Waals surface area contributed by atoms with Gasteiger partial charge in [0.05, 0.1) is 33.4 Å². The molecule has 1 heterocycles. The Balaban J connectivity index is 2.19. The van der Waals surface area contributed by atoms with Gasteiger partial charge in [0.2, 0.25) is 0 Å². The van der Waals surface area contributed by atoms with Gasteiger partial charge in [0, 0.05) is 20.1 Å². The van der Waals surface area contributed by atoms with E-state index in [0.717, 1.165) is 32.8 Å². The van der Waals surface area contributed by atoms with Crippen LogP contribution in [0, 0.1) is 11.8 Å². The van der Waals surface area contributed by atoms with Crippen LogP contribution in [0.2, 0.25) is 0 Å². The number of carbonyl (C=O) groups is 1. The van der Waals surface area contributed by atoms with Crippen LogP contribution in [0.3, 0.4) is 0 Å². The van der Waals surface area contributed by atoms with E-state index < -0.39 is 0 Å². The largest absolute Gasteiger partial charge is 0.453 e. The average Bonchev–Trinajstić information content (AvgIpc) is 2.34. The molecule has 1 aliphatic heterocycles. The minimum Gasteiger partial charge on any atom is -0.453 e. The van der Waals surface area contributed by atoms with Crippen molar-refractivity contribution < 1.29 is 14.3 Å². The summed E-state index contributed by atoms with van der Waals surface area (Å²) < 4.78 is 9.78. The van der Waals surface area contributed by atoms with Gasteiger partial charge in [-0.1, -0.05) is 11.8 Å². The highest BCUT2D eigenvalue weighted by molar-refractivity contribution is 5.67. The zero-order valence-electron chi connectivity index (χ0n) is 9.86. The van der Waals surface area contributed by atoms with Crippen molar-refractivity contribution in [3.63, 3.8) is 0 Å². The quantitative estimate of drug-likeness (QED) is 0.623. The zero-order valence-corrected chi connectivity index (χ0v) is 9.86.